The second-order valence-corrected chi connectivity index (χ2v) is 4.27. The van der Waals surface area contributed by atoms with Gasteiger partial charge in [0.25, 0.3) is 6.43 Å². The minimum atomic E-state index is -3.05. The lowest BCUT2D eigenvalue weighted by atomic mass is 9.94. The summed E-state index contributed by atoms with van der Waals surface area (Å²) >= 11 is 0. The first-order valence-corrected chi connectivity index (χ1v) is 6.49. The van der Waals surface area contributed by atoms with Gasteiger partial charge in [0, 0.05) is 19.1 Å². The molecule has 112 valence electrons. The SMILES string of the molecule is CCOC(=O)C(CCC#N)(/N=C/c1ccccc1)C(F)F. The van der Waals surface area contributed by atoms with Gasteiger partial charge in [-0.3, -0.25) is 4.99 Å². The predicted octanol–water partition coefficient (Wildman–Crippen LogP) is 2.98. The average molecular weight is 294 g/mol. The zero-order chi connectivity index (χ0) is 15.7. The maximum Gasteiger partial charge on any atom is 0.340 e. The van der Waals surface area contributed by atoms with Crippen molar-refractivity contribution < 1.29 is 18.3 Å². The van der Waals surface area contributed by atoms with Crippen molar-refractivity contribution in [1.82, 2.24) is 0 Å². The summed E-state index contributed by atoms with van der Waals surface area (Å²) in [7, 11) is 0. The van der Waals surface area contributed by atoms with Gasteiger partial charge in [0.15, 0.2) is 0 Å². The maximum atomic E-state index is 13.4. The van der Waals surface area contributed by atoms with Crippen LogP contribution in [0.4, 0.5) is 8.78 Å². The number of hydrogen-bond donors (Lipinski definition) is 0. The van der Waals surface area contributed by atoms with E-state index in [2.05, 4.69) is 4.99 Å². The molecule has 1 unspecified atom stereocenters. The molecule has 4 nitrogen and oxygen atoms in total. The molecule has 0 amide bonds. The van der Waals surface area contributed by atoms with E-state index < -0.39 is 17.9 Å². The topological polar surface area (TPSA) is 62.5 Å². The Labute approximate surface area is 122 Å². The highest BCUT2D eigenvalue weighted by molar-refractivity contribution is 5.87. The summed E-state index contributed by atoms with van der Waals surface area (Å²) < 4.78 is 31.6. The lowest BCUT2D eigenvalue weighted by Gasteiger charge is -2.25. The van der Waals surface area contributed by atoms with Crippen LogP contribution in [0.2, 0.25) is 0 Å². The molecular formula is C15H16F2N2O2. The van der Waals surface area contributed by atoms with Crippen molar-refractivity contribution in [3.05, 3.63) is 35.9 Å². The molecule has 0 saturated carbocycles. The number of nitriles is 1. The van der Waals surface area contributed by atoms with Crippen LogP contribution in [0, 0.1) is 11.3 Å². The summed E-state index contributed by atoms with van der Waals surface area (Å²) in [6.07, 6.45) is -2.44. The Bertz CT molecular complexity index is 526. The lowest BCUT2D eigenvalue weighted by Crippen LogP contribution is -2.45. The second kappa shape index (κ2) is 8.10. The standard InChI is InChI=1S/C15H16F2N2O2/c1-2-21-14(20)15(13(16)17,9-6-10-18)19-11-12-7-4-3-5-8-12/h3-5,7-8,11,13H,2,6,9H2,1H3/b19-11+. The highest BCUT2D eigenvalue weighted by Crippen LogP contribution is 2.28. The molecule has 6 heteroatoms. The van der Waals surface area contributed by atoms with Gasteiger partial charge in [-0.05, 0) is 12.5 Å². The fraction of sp³-hybridized carbons (Fsp3) is 0.400. The van der Waals surface area contributed by atoms with E-state index in [0.717, 1.165) is 0 Å². The largest absolute Gasteiger partial charge is 0.464 e. The number of halogens is 2. The molecule has 0 fully saturated rings. The third-order valence-electron chi connectivity index (χ3n) is 2.85. The summed E-state index contributed by atoms with van der Waals surface area (Å²) in [4.78, 5) is 15.7. The molecule has 0 aliphatic carbocycles. The van der Waals surface area contributed by atoms with Gasteiger partial charge in [-0.1, -0.05) is 30.3 Å². The molecule has 0 saturated heterocycles. The van der Waals surface area contributed by atoms with Crippen LogP contribution < -0.4 is 0 Å². The Kier molecular flexibility index (Phi) is 6.47. The molecule has 1 aromatic rings. The predicted molar refractivity (Wildman–Crippen MR) is 74.3 cm³/mol. The second-order valence-electron chi connectivity index (χ2n) is 4.27. The number of nitrogens with zero attached hydrogens (tertiary/aromatic N) is 2. The van der Waals surface area contributed by atoms with Crippen molar-refractivity contribution in [3.8, 4) is 6.07 Å². The van der Waals surface area contributed by atoms with Crippen molar-refractivity contribution in [2.24, 2.45) is 4.99 Å². The van der Waals surface area contributed by atoms with Gasteiger partial charge in [-0.2, -0.15) is 5.26 Å². The van der Waals surface area contributed by atoms with Crippen molar-refractivity contribution in [2.45, 2.75) is 31.7 Å². The molecule has 0 N–H and O–H groups in total. The van der Waals surface area contributed by atoms with Crippen LogP contribution in [0.3, 0.4) is 0 Å². The van der Waals surface area contributed by atoms with E-state index in [4.69, 9.17) is 10.00 Å². The first kappa shape index (κ1) is 16.8. The summed E-state index contributed by atoms with van der Waals surface area (Å²) in [6.45, 7) is 1.50. The van der Waals surface area contributed by atoms with Crippen LogP contribution in [-0.2, 0) is 9.53 Å². The number of carbonyl (C=O) groups is 1. The lowest BCUT2D eigenvalue weighted by molar-refractivity contribution is -0.156. The molecule has 21 heavy (non-hydrogen) atoms. The van der Waals surface area contributed by atoms with Gasteiger partial charge in [-0.25, -0.2) is 13.6 Å². The van der Waals surface area contributed by atoms with E-state index in [0.29, 0.717) is 5.56 Å². The third kappa shape index (κ3) is 4.35. The van der Waals surface area contributed by atoms with E-state index in [1.165, 1.54) is 13.1 Å². The Hall–Kier alpha value is -2.29. The first-order chi connectivity index (χ1) is 10.1. The number of esters is 1. The molecule has 0 aromatic heterocycles. The molecule has 0 radical (unpaired) electrons. The Morgan fingerprint density at radius 2 is 2.14 bits per heavy atom. The molecule has 1 rings (SSSR count). The van der Waals surface area contributed by atoms with Crippen LogP contribution in [0.15, 0.2) is 35.3 Å². The van der Waals surface area contributed by atoms with Crippen LogP contribution in [0.1, 0.15) is 25.3 Å². The molecule has 0 bridgehead atoms. The van der Waals surface area contributed by atoms with E-state index in [1.54, 1.807) is 36.4 Å². The van der Waals surface area contributed by atoms with E-state index >= 15 is 0 Å². The maximum absolute atomic E-state index is 13.4. The van der Waals surface area contributed by atoms with Gasteiger partial charge < -0.3 is 4.74 Å². The average Bonchev–Trinajstić information content (AvgIpc) is 2.48. The van der Waals surface area contributed by atoms with Crippen LogP contribution in [0.25, 0.3) is 0 Å². The van der Waals surface area contributed by atoms with Gasteiger partial charge in [-0.15, -0.1) is 0 Å². The van der Waals surface area contributed by atoms with Crippen LogP contribution in [0.5, 0.6) is 0 Å². The normalized spacial score (nSPS) is 13.9. The summed E-state index contributed by atoms with van der Waals surface area (Å²) in [5, 5.41) is 8.61. The number of alkyl halides is 2. The molecule has 0 heterocycles. The van der Waals surface area contributed by atoms with Gasteiger partial charge in [0.05, 0.1) is 12.7 Å². The smallest absolute Gasteiger partial charge is 0.340 e. The molecule has 0 aliphatic rings. The van der Waals surface area contributed by atoms with Crippen molar-refractivity contribution in [3.63, 3.8) is 0 Å². The highest BCUT2D eigenvalue weighted by Gasteiger charge is 2.48. The molecular weight excluding hydrogens is 278 g/mol. The van der Waals surface area contributed by atoms with Crippen molar-refractivity contribution in [1.29, 1.82) is 5.26 Å². The highest BCUT2D eigenvalue weighted by atomic mass is 19.3. The quantitative estimate of drug-likeness (QED) is 0.573. The Morgan fingerprint density at radius 1 is 1.48 bits per heavy atom. The van der Waals surface area contributed by atoms with Gasteiger partial charge >= 0.3 is 5.97 Å². The Morgan fingerprint density at radius 3 is 2.67 bits per heavy atom. The fourth-order valence-electron chi connectivity index (χ4n) is 1.71. The monoisotopic (exact) mass is 294 g/mol. The van der Waals surface area contributed by atoms with Crippen molar-refractivity contribution >= 4 is 12.2 Å². The molecule has 0 aliphatic heterocycles. The van der Waals surface area contributed by atoms with E-state index in [1.807, 2.05) is 0 Å². The van der Waals surface area contributed by atoms with E-state index in [9.17, 15) is 13.6 Å². The molecule has 1 atom stereocenters. The number of rotatable bonds is 7. The van der Waals surface area contributed by atoms with Crippen LogP contribution in [-0.4, -0.2) is 30.8 Å². The number of ether oxygens (including phenoxy) is 1. The summed E-state index contributed by atoms with van der Waals surface area (Å²) in [6, 6.07) is 10.3. The van der Waals surface area contributed by atoms with Crippen LogP contribution >= 0.6 is 0 Å². The number of hydrogen-bond acceptors (Lipinski definition) is 4. The number of carbonyl (C=O) groups excluding carboxylic acids is 1. The van der Waals surface area contributed by atoms with Crippen molar-refractivity contribution in [2.75, 3.05) is 6.61 Å². The first-order valence-electron chi connectivity index (χ1n) is 6.49. The molecule has 1 aromatic carbocycles. The van der Waals surface area contributed by atoms with Gasteiger partial charge in [0.1, 0.15) is 0 Å². The minimum Gasteiger partial charge on any atom is -0.464 e. The number of aliphatic imine (C=N–C) groups is 1. The zero-order valence-corrected chi connectivity index (χ0v) is 11.6. The zero-order valence-electron chi connectivity index (χ0n) is 11.6. The van der Waals surface area contributed by atoms with E-state index in [-0.39, 0.29) is 19.4 Å². The number of benzene rings is 1. The Balaban J connectivity index is 3.12. The summed E-state index contributed by atoms with van der Waals surface area (Å²) in [5.74, 6) is -1.11. The minimum absolute atomic E-state index is 0.0271. The summed E-state index contributed by atoms with van der Waals surface area (Å²) in [5.41, 5.74) is -1.74. The fourth-order valence-corrected chi connectivity index (χ4v) is 1.71. The van der Waals surface area contributed by atoms with Gasteiger partial charge in [0.2, 0.25) is 5.54 Å². The third-order valence-corrected chi connectivity index (χ3v) is 2.85. The molecule has 0 spiro atoms.